The van der Waals surface area contributed by atoms with Crippen molar-refractivity contribution in [3.8, 4) is 5.75 Å². The van der Waals surface area contributed by atoms with Gasteiger partial charge in [0.25, 0.3) is 5.91 Å². The maximum Gasteiger partial charge on any atom is 0.257 e. The van der Waals surface area contributed by atoms with Gasteiger partial charge in [-0.1, -0.05) is 0 Å². The highest BCUT2D eigenvalue weighted by Crippen LogP contribution is 2.23. The Labute approximate surface area is 131 Å². The molecule has 2 rings (SSSR count). The Balaban J connectivity index is 1.96. The first-order chi connectivity index (χ1) is 9.61. The van der Waals surface area contributed by atoms with Gasteiger partial charge < -0.3 is 19.8 Å². The van der Waals surface area contributed by atoms with E-state index < -0.39 is 0 Å². The van der Waals surface area contributed by atoms with Crippen LogP contribution in [-0.2, 0) is 4.74 Å². The number of carbonyl (C=O) groups is 1. The number of phenols is 1. The molecule has 0 saturated carbocycles. The highest BCUT2D eigenvalue weighted by atomic mass is 127. The number of hydrogen-bond acceptors (Lipinski definition) is 4. The summed E-state index contributed by atoms with van der Waals surface area (Å²) in [5.74, 6) is -0.115. The molecule has 1 saturated heterocycles. The lowest BCUT2D eigenvalue weighted by Crippen LogP contribution is -2.41. The zero-order valence-electron chi connectivity index (χ0n) is 11.1. The molecule has 5 nitrogen and oxygen atoms in total. The largest absolute Gasteiger partial charge is 0.507 e. The number of aliphatic hydroxyl groups excluding tert-OH is 1. The van der Waals surface area contributed by atoms with Gasteiger partial charge in [0.2, 0.25) is 0 Å². The Kier molecular flexibility index (Phi) is 5.62. The van der Waals surface area contributed by atoms with Crippen LogP contribution in [0.5, 0.6) is 5.75 Å². The van der Waals surface area contributed by atoms with Crippen LogP contribution in [0.4, 0.5) is 0 Å². The number of benzene rings is 1. The van der Waals surface area contributed by atoms with E-state index in [1.165, 1.54) is 0 Å². The second kappa shape index (κ2) is 7.24. The predicted octanol–water partition coefficient (Wildman–Crippen LogP) is 1.61. The molecule has 1 aliphatic heterocycles. The van der Waals surface area contributed by atoms with Crippen LogP contribution < -0.4 is 0 Å². The average molecular weight is 391 g/mol. The molecule has 0 unspecified atom stereocenters. The predicted molar refractivity (Wildman–Crippen MR) is 82.8 cm³/mol. The van der Waals surface area contributed by atoms with Crippen molar-refractivity contribution in [1.82, 2.24) is 4.90 Å². The Morgan fingerprint density at radius 3 is 2.75 bits per heavy atom. The van der Waals surface area contributed by atoms with Crippen molar-refractivity contribution in [2.45, 2.75) is 18.9 Å². The number of likely N-dealkylation sites (tertiary alicyclic amines) is 1. The number of ether oxygens (including phenoxy) is 1. The molecule has 1 heterocycles. The number of hydrogen-bond donors (Lipinski definition) is 2. The van der Waals surface area contributed by atoms with Crippen molar-refractivity contribution in [2.24, 2.45) is 0 Å². The Morgan fingerprint density at radius 1 is 1.40 bits per heavy atom. The number of amides is 1. The summed E-state index contributed by atoms with van der Waals surface area (Å²) >= 11 is 2.12. The minimum absolute atomic E-state index is 0.0223. The van der Waals surface area contributed by atoms with E-state index in [2.05, 4.69) is 22.6 Å². The third kappa shape index (κ3) is 3.83. The van der Waals surface area contributed by atoms with E-state index in [4.69, 9.17) is 9.84 Å². The summed E-state index contributed by atoms with van der Waals surface area (Å²) < 4.78 is 6.39. The zero-order valence-corrected chi connectivity index (χ0v) is 13.2. The Bertz CT molecular complexity index is 472. The third-order valence-corrected chi connectivity index (χ3v) is 4.03. The van der Waals surface area contributed by atoms with E-state index in [-0.39, 0.29) is 24.4 Å². The molecule has 2 N–H and O–H groups in total. The highest BCUT2D eigenvalue weighted by molar-refractivity contribution is 14.1. The van der Waals surface area contributed by atoms with Gasteiger partial charge in [0.1, 0.15) is 5.75 Å². The molecule has 0 radical (unpaired) electrons. The SMILES string of the molecule is O=C(c1cc(I)ccc1O)N1CCC(OCCO)CC1. The van der Waals surface area contributed by atoms with Crippen molar-refractivity contribution >= 4 is 28.5 Å². The summed E-state index contributed by atoms with van der Waals surface area (Å²) in [5.41, 5.74) is 0.353. The molecule has 1 aromatic rings. The van der Waals surface area contributed by atoms with Crippen LogP contribution >= 0.6 is 22.6 Å². The molecule has 1 aromatic carbocycles. The van der Waals surface area contributed by atoms with Gasteiger partial charge in [0, 0.05) is 16.7 Å². The van der Waals surface area contributed by atoms with Gasteiger partial charge in [-0.15, -0.1) is 0 Å². The molecular formula is C14H18INO4. The number of aliphatic hydroxyl groups is 1. The number of halogens is 1. The molecule has 0 atom stereocenters. The summed E-state index contributed by atoms with van der Waals surface area (Å²) in [6.07, 6.45) is 1.63. The van der Waals surface area contributed by atoms with Crippen molar-refractivity contribution in [3.05, 3.63) is 27.3 Å². The zero-order chi connectivity index (χ0) is 14.5. The number of aromatic hydroxyl groups is 1. The lowest BCUT2D eigenvalue weighted by molar-refractivity contribution is -0.00558. The van der Waals surface area contributed by atoms with Gasteiger partial charge in [-0.3, -0.25) is 4.79 Å². The standard InChI is InChI=1S/C14H18INO4/c15-10-1-2-13(18)12(9-10)14(19)16-5-3-11(4-6-16)20-8-7-17/h1-2,9,11,17-18H,3-8H2. The molecule has 1 amide bonds. The lowest BCUT2D eigenvalue weighted by Gasteiger charge is -2.32. The second-order valence-electron chi connectivity index (χ2n) is 4.75. The molecule has 0 aromatic heterocycles. The minimum atomic E-state index is -0.137. The molecule has 20 heavy (non-hydrogen) atoms. The topological polar surface area (TPSA) is 70.0 Å². The average Bonchev–Trinajstić information content (AvgIpc) is 2.47. The van der Waals surface area contributed by atoms with Crippen molar-refractivity contribution in [2.75, 3.05) is 26.3 Å². The van der Waals surface area contributed by atoms with E-state index >= 15 is 0 Å². The Hall–Kier alpha value is -0.860. The molecular weight excluding hydrogens is 373 g/mol. The second-order valence-corrected chi connectivity index (χ2v) is 5.99. The fraction of sp³-hybridized carbons (Fsp3) is 0.500. The highest BCUT2D eigenvalue weighted by Gasteiger charge is 2.25. The first kappa shape index (κ1) is 15.5. The minimum Gasteiger partial charge on any atom is -0.507 e. The van der Waals surface area contributed by atoms with Gasteiger partial charge in [-0.2, -0.15) is 0 Å². The van der Waals surface area contributed by atoms with Crippen molar-refractivity contribution < 1.29 is 19.7 Å². The van der Waals surface area contributed by atoms with E-state index in [9.17, 15) is 9.90 Å². The number of piperidine rings is 1. The molecule has 110 valence electrons. The molecule has 0 bridgehead atoms. The summed E-state index contributed by atoms with van der Waals surface area (Å²) in [6, 6.07) is 5.01. The quantitative estimate of drug-likeness (QED) is 0.766. The number of phenolic OH excluding ortho intramolecular Hbond substituents is 1. The van der Waals surface area contributed by atoms with Crippen molar-refractivity contribution in [1.29, 1.82) is 0 Å². The summed E-state index contributed by atoms with van der Waals surface area (Å²) in [6.45, 7) is 1.59. The first-order valence-corrected chi connectivity index (χ1v) is 7.70. The van der Waals surface area contributed by atoms with Crippen LogP contribution in [0.3, 0.4) is 0 Å². The van der Waals surface area contributed by atoms with E-state index in [1.807, 2.05) is 0 Å². The maximum absolute atomic E-state index is 12.4. The maximum atomic E-state index is 12.4. The number of rotatable bonds is 4. The van der Waals surface area contributed by atoms with Crippen LogP contribution in [0.1, 0.15) is 23.2 Å². The number of nitrogens with zero attached hydrogens (tertiary/aromatic N) is 1. The van der Waals surface area contributed by atoms with E-state index in [1.54, 1.807) is 23.1 Å². The van der Waals surface area contributed by atoms with Crippen molar-refractivity contribution in [3.63, 3.8) is 0 Å². The summed E-state index contributed by atoms with van der Waals surface area (Å²) in [7, 11) is 0. The fourth-order valence-electron chi connectivity index (χ4n) is 2.29. The molecule has 1 aliphatic rings. The van der Waals surface area contributed by atoms with Gasteiger partial charge in [0.15, 0.2) is 0 Å². The van der Waals surface area contributed by atoms with E-state index in [0.29, 0.717) is 25.3 Å². The third-order valence-electron chi connectivity index (χ3n) is 3.36. The van der Waals surface area contributed by atoms with Crippen LogP contribution in [0.2, 0.25) is 0 Å². The van der Waals surface area contributed by atoms with E-state index in [0.717, 1.165) is 16.4 Å². The van der Waals surface area contributed by atoms with Crippen LogP contribution in [-0.4, -0.2) is 53.4 Å². The summed E-state index contributed by atoms with van der Waals surface area (Å²) in [5, 5.41) is 18.5. The monoisotopic (exact) mass is 391 g/mol. The van der Waals surface area contributed by atoms with Gasteiger partial charge in [-0.05, 0) is 53.6 Å². The Morgan fingerprint density at radius 2 is 2.10 bits per heavy atom. The van der Waals surface area contributed by atoms with Crippen LogP contribution in [0.25, 0.3) is 0 Å². The lowest BCUT2D eigenvalue weighted by atomic mass is 10.1. The molecule has 0 aliphatic carbocycles. The first-order valence-electron chi connectivity index (χ1n) is 6.62. The smallest absolute Gasteiger partial charge is 0.257 e. The summed E-state index contributed by atoms with van der Waals surface area (Å²) in [4.78, 5) is 14.1. The fourth-order valence-corrected chi connectivity index (χ4v) is 2.79. The van der Waals surface area contributed by atoms with Gasteiger partial charge in [-0.25, -0.2) is 0 Å². The van der Waals surface area contributed by atoms with Gasteiger partial charge >= 0.3 is 0 Å². The normalized spacial score (nSPS) is 16.4. The van der Waals surface area contributed by atoms with Gasteiger partial charge in [0.05, 0.1) is 24.9 Å². The number of carbonyl (C=O) groups excluding carboxylic acids is 1. The molecule has 0 spiro atoms. The van der Waals surface area contributed by atoms with Crippen LogP contribution in [0, 0.1) is 3.57 Å². The molecule has 6 heteroatoms. The van der Waals surface area contributed by atoms with Crippen LogP contribution in [0.15, 0.2) is 18.2 Å². The molecule has 1 fully saturated rings.